The van der Waals surface area contributed by atoms with E-state index in [9.17, 15) is 4.39 Å². The quantitative estimate of drug-likeness (QED) is 0.813. The van der Waals surface area contributed by atoms with E-state index in [1.807, 2.05) is 12.1 Å². The van der Waals surface area contributed by atoms with E-state index in [2.05, 4.69) is 24.4 Å². The largest absolute Gasteiger partial charge is 0.396 e. The van der Waals surface area contributed by atoms with Crippen molar-refractivity contribution in [3.63, 3.8) is 0 Å². The van der Waals surface area contributed by atoms with Crippen molar-refractivity contribution >= 4 is 11.3 Å². The molecular weight excluding hydrogens is 273 g/mol. The van der Waals surface area contributed by atoms with Crippen molar-refractivity contribution in [3.8, 4) is 10.4 Å². The molecule has 2 rings (SSSR count). The molecule has 2 N–H and O–H groups in total. The van der Waals surface area contributed by atoms with Crippen molar-refractivity contribution in [2.24, 2.45) is 0 Å². The van der Waals surface area contributed by atoms with Crippen LogP contribution in [0, 0.1) is 5.82 Å². The Morgan fingerprint density at radius 1 is 1.20 bits per heavy atom. The smallest absolute Gasteiger partial charge is 0.123 e. The van der Waals surface area contributed by atoms with E-state index in [1.165, 1.54) is 17.0 Å². The summed E-state index contributed by atoms with van der Waals surface area (Å²) in [7, 11) is 0. The number of nitrogens with one attached hydrogen (secondary N) is 1. The number of aliphatic hydroxyl groups is 1. The Bertz CT molecular complexity index is 524. The molecule has 0 amide bonds. The molecule has 108 valence electrons. The number of benzene rings is 1. The molecule has 0 radical (unpaired) electrons. The van der Waals surface area contributed by atoms with Gasteiger partial charge in [-0.1, -0.05) is 12.1 Å². The maximum absolute atomic E-state index is 12.9. The average molecular weight is 293 g/mol. The highest BCUT2D eigenvalue weighted by atomic mass is 32.1. The lowest BCUT2D eigenvalue weighted by atomic mass is 10.2. The van der Waals surface area contributed by atoms with Gasteiger partial charge in [0.25, 0.3) is 0 Å². The molecule has 1 atom stereocenters. The summed E-state index contributed by atoms with van der Waals surface area (Å²) >= 11 is 1.72. The minimum Gasteiger partial charge on any atom is -0.396 e. The van der Waals surface area contributed by atoms with Gasteiger partial charge in [0.15, 0.2) is 0 Å². The van der Waals surface area contributed by atoms with Crippen molar-refractivity contribution in [2.45, 2.75) is 32.4 Å². The Morgan fingerprint density at radius 2 is 1.95 bits per heavy atom. The normalized spacial score (nSPS) is 12.6. The summed E-state index contributed by atoms with van der Waals surface area (Å²) in [5.74, 6) is -0.204. The summed E-state index contributed by atoms with van der Waals surface area (Å²) in [5.41, 5.74) is 1.05. The predicted octanol–water partition coefficient (Wildman–Crippen LogP) is 3.80. The number of thiophene rings is 1. The minimum absolute atomic E-state index is 0.204. The van der Waals surface area contributed by atoms with Crippen LogP contribution in [-0.4, -0.2) is 17.8 Å². The van der Waals surface area contributed by atoms with Gasteiger partial charge in [0.2, 0.25) is 0 Å². The van der Waals surface area contributed by atoms with Gasteiger partial charge in [-0.25, -0.2) is 4.39 Å². The standard InChI is InChI=1S/C16H20FNOS/c1-12(3-2-10-19)18-11-15-8-9-16(20-15)13-4-6-14(17)7-5-13/h4-9,12,18-19H,2-3,10-11H2,1H3. The zero-order valence-electron chi connectivity index (χ0n) is 11.6. The number of halogens is 1. The van der Waals surface area contributed by atoms with E-state index in [-0.39, 0.29) is 12.4 Å². The maximum atomic E-state index is 12.9. The van der Waals surface area contributed by atoms with E-state index < -0.39 is 0 Å². The molecule has 0 fully saturated rings. The van der Waals surface area contributed by atoms with Crippen molar-refractivity contribution in [3.05, 3.63) is 47.1 Å². The van der Waals surface area contributed by atoms with Crippen LogP contribution in [0.4, 0.5) is 4.39 Å². The van der Waals surface area contributed by atoms with Crippen molar-refractivity contribution < 1.29 is 9.50 Å². The van der Waals surface area contributed by atoms with Crippen LogP contribution in [0.5, 0.6) is 0 Å². The minimum atomic E-state index is -0.204. The van der Waals surface area contributed by atoms with Crippen LogP contribution in [0.1, 0.15) is 24.6 Å². The third kappa shape index (κ3) is 4.40. The molecule has 1 aromatic heterocycles. The van der Waals surface area contributed by atoms with Crippen LogP contribution in [0.2, 0.25) is 0 Å². The topological polar surface area (TPSA) is 32.3 Å². The molecule has 1 unspecified atom stereocenters. The van der Waals surface area contributed by atoms with Gasteiger partial charge in [0.05, 0.1) is 0 Å². The first kappa shape index (κ1) is 15.2. The van der Waals surface area contributed by atoms with Crippen LogP contribution in [0.15, 0.2) is 36.4 Å². The van der Waals surface area contributed by atoms with Crippen molar-refractivity contribution in [1.82, 2.24) is 5.32 Å². The van der Waals surface area contributed by atoms with Crippen molar-refractivity contribution in [1.29, 1.82) is 0 Å². The molecule has 0 spiro atoms. The van der Waals surface area contributed by atoms with Crippen LogP contribution >= 0.6 is 11.3 Å². The van der Waals surface area contributed by atoms with Gasteiger partial charge >= 0.3 is 0 Å². The molecule has 0 aliphatic heterocycles. The molecule has 2 aromatic rings. The summed E-state index contributed by atoms with van der Waals surface area (Å²) in [5, 5.41) is 12.2. The Balaban J connectivity index is 1.90. The van der Waals surface area contributed by atoms with Crippen LogP contribution < -0.4 is 5.32 Å². The molecule has 4 heteroatoms. The van der Waals surface area contributed by atoms with Gasteiger partial charge in [-0.05, 0) is 49.6 Å². The van der Waals surface area contributed by atoms with E-state index >= 15 is 0 Å². The molecule has 0 saturated heterocycles. The highest BCUT2D eigenvalue weighted by molar-refractivity contribution is 7.15. The third-order valence-electron chi connectivity index (χ3n) is 3.21. The number of hydrogen-bond acceptors (Lipinski definition) is 3. The van der Waals surface area contributed by atoms with Gasteiger partial charge in [-0.3, -0.25) is 0 Å². The molecule has 0 aliphatic rings. The van der Waals surface area contributed by atoms with Crippen LogP contribution in [-0.2, 0) is 6.54 Å². The van der Waals surface area contributed by atoms with Crippen LogP contribution in [0.3, 0.4) is 0 Å². The third-order valence-corrected chi connectivity index (χ3v) is 4.34. The Kier molecular flexibility index (Phi) is 5.71. The maximum Gasteiger partial charge on any atom is 0.123 e. The van der Waals surface area contributed by atoms with Gasteiger partial charge in [0, 0.05) is 28.9 Å². The van der Waals surface area contributed by atoms with E-state index in [0.29, 0.717) is 6.04 Å². The monoisotopic (exact) mass is 293 g/mol. The zero-order valence-corrected chi connectivity index (χ0v) is 12.4. The Morgan fingerprint density at radius 3 is 2.65 bits per heavy atom. The molecule has 1 aromatic carbocycles. The summed E-state index contributed by atoms with van der Waals surface area (Å²) in [6, 6.07) is 11.2. The molecule has 0 saturated carbocycles. The van der Waals surface area contributed by atoms with Gasteiger partial charge < -0.3 is 10.4 Å². The van der Waals surface area contributed by atoms with E-state index in [1.54, 1.807) is 11.3 Å². The number of aliphatic hydroxyl groups excluding tert-OH is 1. The molecule has 1 heterocycles. The fourth-order valence-electron chi connectivity index (χ4n) is 2.02. The average Bonchev–Trinajstić information content (AvgIpc) is 2.92. The second-order valence-electron chi connectivity index (χ2n) is 4.92. The molecule has 20 heavy (non-hydrogen) atoms. The number of hydrogen-bond donors (Lipinski definition) is 2. The number of rotatable bonds is 7. The predicted molar refractivity (Wildman–Crippen MR) is 82.3 cm³/mol. The molecular formula is C16H20FNOS. The van der Waals surface area contributed by atoms with E-state index in [0.717, 1.165) is 29.8 Å². The van der Waals surface area contributed by atoms with Gasteiger partial charge in [0.1, 0.15) is 5.82 Å². The fourth-order valence-corrected chi connectivity index (χ4v) is 2.98. The van der Waals surface area contributed by atoms with Gasteiger partial charge in [-0.2, -0.15) is 0 Å². The first-order chi connectivity index (χ1) is 9.69. The van der Waals surface area contributed by atoms with Crippen LogP contribution in [0.25, 0.3) is 10.4 Å². The van der Waals surface area contributed by atoms with Crippen molar-refractivity contribution in [2.75, 3.05) is 6.61 Å². The summed E-state index contributed by atoms with van der Waals surface area (Å²) in [4.78, 5) is 2.42. The molecule has 0 bridgehead atoms. The zero-order chi connectivity index (χ0) is 14.4. The summed E-state index contributed by atoms with van der Waals surface area (Å²) in [6.45, 7) is 3.21. The second kappa shape index (κ2) is 7.53. The Labute approximate surface area is 123 Å². The lowest BCUT2D eigenvalue weighted by Crippen LogP contribution is -2.25. The molecule has 2 nitrogen and oxygen atoms in total. The summed E-state index contributed by atoms with van der Waals surface area (Å²) in [6.07, 6.45) is 1.81. The SMILES string of the molecule is CC(CCCO)NCc1ccc(-c2ccc(F)cc2)s1. The highest BCUT2D eigenvalue weighted by Crippen LogP contribution is 2.28. The Hall–Kier alpha value is -1.23. The molecule has 0 aliphatic carbocycles. The van der Waals surface area contributed by atoms with E-state index in [4.69, 9.17) is 5.11 Å². The first-order valence-corrected chi connectivity index (χ1v) is 7.69. The second-order valence-corrected chi connectivity index (χ2v) is 6.09. The van der Waals surface area contributed by atoms with Gasteiger partial charge in [-0.15, -0.1) is 11.3 Å². The lowest BCUT2D eigenvalue weighted by molar-refractivity contribution is 0.276. The lowest BCUT2D eigenvalue weighted by Gasteiger charge is -2.11. The summed E-state index contributed by atoms with van der Waals surface area (Å²) < 4.78 is 12.9. The fraction of sp³-hybridized carbons (Fsp3) is 0.375. The first-order valence-electron chi connectivity index (χ1n) is 6.88. The highest BCUT2D eigenvalue weighted by Gasteiger charge is 2.05.